The van der Waals surface area contributed by atoms with Crippen molar-refractivity contribution in [3.8, 4) is 11.3 Å². The van der Waals surface area contributed by atoms with Gasteiger partial charge in [-0.05, 0) is 36.4 Å². The molecule has 29 heavy (non-hydrogen) atoms. The van der Waals surface area contributed by atoms with Crippen LogP contribution in [0.5, 0.6) is 0 Å². The van der Waals surface area contributed by atoms with E-state index in [0.29, 0.717) is 37.1 Å². The summed E-state index contributed by atoms with van der Waals surface area (Å²) in [5, 5.41) is 8.35. The minimum Gasteiger partial charge on any atom is -0.464 e. The lowest BCUT2D eigenvalue weighted by Crippen LogP contribution is -2.41. The van der Waals surface area contributed by atoms with Crippen molar-refractivity contribution >= 4 is 32.4 Å². The van der Waals surface area contributed by atoms with E-state index in [-0.39, 0.29) is 22.4 Å². The molecule has 0 aliphatic carbocycles. The molecule has 0 atom stereocenters. The number of hydrogen-bond acceptors (Lipinski definition) is 8. The lowest BCUT2D eigenvalue weighted by Gasteiger charge is -2.26. The Labute approximate surface area is 171 Å². The van der Waals surface area contributed by atoms with Crippen molar-refractivity contribution < 1.29 is 22.4 Å². The number of amides is 1. The summed E-state index contributed by atoms with van der Waals surface area (Å²) >= 11 is 1.04. The Hall–Kier alpha value is -2.76. The first-order valence-corrected chi connectivity index (χ1v) is 11.2. The fourth-order valence-corrected chi connectivity index (χ4v) is 4.80. The van der Waals surface area contributed by atoms with Crippen LogP contribution < -0.4 is 4.72 Å². The zero-order chi connectivity index (χ0) is 20.3. The van der Waals surface area contributed by atoms with Crippen LogP contribution in [0.2, 0.25) is 0 Å². The molecule has 4 rings (SSSR count). The summed E-state index contributed by atoms with van der Waals surface area (Å²) in [5.74, 6) is 0.577. The Morgan fingerprint density at radius 3 is 2.59 bits per heavy atom. The van der Waals surface area contributed by atoms with Gasteiger partial charge >= 0.3 is 0 Å². The summed E-state index contributed by atoms with van der Waals surface area (Å²) in [6, 6.07) is 9.87. The van der Waals surface area contributed by atoms with Gasteiger partial charge in [-0.3, -0.25) is 9.52 Å². The number of furan rings is 1. The van der Waals surface area contributed by atoms with Crippen LogP contribution in [0, 0.1) is 0 Å². The zero-order valence-corrected chi connectivity index (χ0v) is 16.9. The molecule has 1 aliphatic heterocycles. The second kappa shape index (κ2) is 8.31. The first-order chi connectivity index (χ1) is 14.0. The van der Waals surface area contributed by atoms with E-state index >= 15 is 0 Å². The number of nitrogens with one attached hydrogen (secondary N) is 1. The Morgan fingerprint density at radius 2 is 1.90 bits per heavy atom. The van der Waals surface area contributed by atoms with Crippen LogP contribution in [0.1, 0.15) is 5.01 Å². The van der Waals surface area contributed by atoms with E-state index in [4.69, 9.17) is 9.15 Å². The first-order valence-electron chi connectivity index (χ1n) is 8.86. The van der Waals surface area contributed by atoms with Gasteiger partial charge in [-0.25, -0.2) is 8.42 Å². The molecule has 0 saturated carbocycles. The normalized spacial score (nSPS) is 14.7. The van der Waals surface area contributed by atoms with Gasteiger partial charge in [0.1, 0.15) is 10.8 Å². The average molecular weight is 434 g/mol. The smallest absolute Gasteiger partial charge is 0.263 e. The molecule has 152 valence electrons. The van der Waals surface area contributed by atoms with Crippen LogP contribution in [-0.4, -0.2) is 55.7 Å². The van der Waals surface area contributed by atoms with Gasteiger partial charge in [0.15, 0.2) is 0 Å². The Kier molecular flexibility index (Phi) is 5.60. The van der Waals surface area contributed by atoms with Gasteiger partial charge < -0.3 is 14.1 Å². The molecule has 0 unspecified atom stereocenters. The van der Waals surface area contributed by atoms with Crippen LogP contribution in [0.4, 0.5) is 5.13 Å². The second-order valence-electron chi connectivity index (χ2n) is 6.28. The van der Waals surface area contributed by atoms with Gasteiger partial charge in [0.25, 0.3) is 10.0 Å². The van der Waals surface area contributed by atoms with Gasteiger partial charge in [0, 0.05) is 18.7 Å². The van der Waals surface area contributed by atoms with Crippen molar-refractivity contribution in [1.29, 1.82) is 0 Å². The number of aromatic nitrogens is 2. The summed E-state index contributed by atoms with van der Waals surface area (Å²) < 4.78 is 38.1. The molecule has 3 heterocycles. The van der Waals surface area contributed by atoms with Crippen LogP contribution >= 0.6 is 11.3 Å². The van der Waals surface area contributed by atoms with Crippen LogP contribution in [0.3, 0.4) is 0 Å². The van der Waals surface area contributed by atoms with Crippen LogP contribution in [-0.2, 0) is 26.0 Å². The Balaban J connectivity index is 1.41. The molecule has 2 aromatic heterocycles. The number of sulfonamides is 1. The maximum absolute atomic E-state index is 12.6. The topological polar surface area (TPSA) is 115 Å². The number of anilines is 1. The molecule has 1 N–H and O–H groups in total. The maximum Gasteiger partial charge on any atom is 0.263 e. The highest BCUT2D eigenvalue weighted by Crippen LogP contribution is 2.24. The predicted molar refractivity (Wildman–Crippen MR) is 106 cm³/mol. The highest BCUT2D eigenvalue weighted by atomic mass is 32.2. The van der Waals surface area contributed by atoms with Crippen LogP contribution in [0.15, 0.2) is 52.0 Å². The lowest BCUT2D eigenvalue weighted by atomic mass is 10.2. The summed E-state index contributed by atoms with van der Waals surface area (Å²) in [7, 11) is -3.82. The number of rotatable bonds is 6. The average Bonchev–Trinajstić information content (AvgIpc) is 3.41. The minimum atomic E-state index is -3.82. The molecule has 1 fully saturated rings. The highest BCUT2D eigenvalue weighted by Gasteiger charge is 2.21. The highest BCUT2D eigenvalue weighted by molar-refractivity contribution is 7.93. The molecule has 0 bridgehead atoms. The largest absolute Gasteiger partial charge is 0.464 e. The number of morpholine rings is 1. The number of benzene rings is 1. The van der Waals surface area contributed by atoms with Crippen molar-refractivity contribution in [2.75, 3.05) is 31.0 Å². The standard InChI is InChI=1S/C18H18N4O5S2/c23-17(22-7-10-26-11-8-22)12-16-19-20-18(28-16)21-29(24,25)14-5-3-13(4-6-14)15-2-1-9-27-15/h1-6,9H,7-8,10-12H2,(H,20,21). The molecule has 1 amide bonds. The number of hydrogen-bond donors (Lipinski definition) is 1. The fraction of sp³-hybridized carbons (Fsp3) is 0.278. The summed E-state index contributed by atoms with van der Waals surface area (Å²) in [4.78, 5) is 14.1. The van der Waals surface area contributed by atoms with Crippen molar-refractivity contribution in [1.82, 2.24) is 15.1 Å². The number of carbonyl (C=O) groups excluding carboxylic acids is 1. The predicted octanol–water partition coefficient (Wildman–Crippen LogP) is 2.00. The molecule has 3 aromatic rings. The quantitative estimate of drug-likeness (QED) is 0.631. The molecule has 0 radical (unpaired) electrons. The number of nitrogens with zero attached hydrogens (tertiary/aromatic N) is 3. The van der Waals surface area contributed by atoms with Crippen molar-refractivity contribution in [2.24, 2.45) is 0 Å². The Bertz CT molecular complexity index is 1070. The molecule has 9 nitrogen and oxygen atoms in total. The summed E-state index contributed by atoms with van der Waals surface area (Å²) in [5.41, 5.74) is 0.772. The van der Waals surface area contributed by atoms with E-state index in [0.717, 1.165) is 16.9 Å². The first kappa shape index (κ1) is 19.6. The number of ether oxygens (including phenoxy) is 1. The van der Waals surface area contributed by atoms with E-state index in [9.17, 15) is 13.2 Å². The van der Waals surface area contributed by atoms with Gasteiger partial charge in [-0.15, -0.1) is 10.2 Å². The van der Waals surface area contributed by atoms with Crippen molar-refractivity contribution in [3.05, 3.63) is 47.7 Å². The third-order valence-electron chi connectivity index (χ3n) is 4.33. The molecule has 11 heteroatoms. The van der Waals surface area contributed by atoms with E-state index < -0.39 is 10.0 Å². The van der Waals surface area contributed by atoms with Crippen molar-refractivity contribution in [3.63, 3.8) is 0 Å². The van der Waals surface area contributed by atoms with Crippen LogP contribution in [0.25, 0.3) is 11.3 Å². The Morgan fingerprint density at radius 1 is 1.14 bits per heavy atom. The third kappa shape index (κ3) is 4.63. The van der Waals surface area contributed by atoms with Gasteiger partial charge in [-0.1, -0.05) is 11.3 Å². The van der Waals surface area contributed by atoms with E-state index in [1.165, 1.54) is 12.1 Å². The molecule has 1 aliphatic rings. The summed E-state index contributed by atoms with van der Waals surface area (Å²) in [6.07, 6.45) is 1.63. The SMILES string of the molecule is O=C(Cc1nnc(NS(=O)(=O)c2ccc(-c3ccco3)cc2)s1)N1CCOCC1. The summed E-state index contributed by atoms with van der Waals surface area (Å²) in [6.45, 7) is 2.13. The monoisotopic (exact) mass is 434 g/mol. The van der Waals surface area contributed by atoms with Gasteiger partial charge in [0.05, 0.1) is 30.8 Å². The van der Waals surface area contributed by atoms with E-state index in [2.05, 4.69) is 14.9 Å². The van der Waals surface area contributed by atoms with Crippen molar-refractivity contribution in [2.45, 2.75) is 11.3 Å². The minimum absolute atomic E-state index is 0.0765. The molecular weight excluding hydrogens is 416 g/mol. The molecule has 1 aromatic carbocycles. The van der Waals surface area contributed by atoms with E-state index in [1.807, 2.05) is 0 Å². The fourth-order valence-electron chi connectivity index (χ4n) is 2.84. The van der Waals surface area contributed by atoms with Gasteiger partial charge in [0.2, 0.25) is 11.0 Å². The molecular formula is C18H18N4O5S2. The van der Waals surface area contributed by atoms with E-state index in [1.54, 1.807) is 35.4 Å². The third-order valence-corrected chi connectivity index (χ3v) is 6.65. The second-order valence-corrected chi connectivity index (χ2v) is 9.02. The molecule has 1 saturated heterocycles. The van der Waals surface area contributed by atoms with Gasteiger partial charge in [-0.2, -0.15) is 0 Å². The molecule has 0 spiro atoms. The maximum atomic E-state index is 12.6. The lowest BCUT2D eigenvalue weighted by molar-refractivity contribution is -0.134. The number of carbonyl (C=O) groups is 1. The zero-order valence-electron chi connectivity index (χ0n) is 15.3.